The van der Waals surface area contributed by atoms with Crippen molar-refractivity contribution in [2.75, 3.05) is 32.8 Å². The van der Waals surface area contributed by atoms with Crippen molar-refractivity contribution in [2.24, 2.45) is 5.92 Å². The number of hydrogen-bond donors (Lipinski definition) is 2. The molecule has 116 valence electrons. The Morgan fingerprint density at radius 1 is 1.50 bits per heavy atom. The Morgan fingerprint density at radius 2 is 2.30 bits per heavy atom. The number of nitrogens with one attached hydrogen (secondary N) is 2. The SMILES string of the molecule is CCNC(=O)C1CNCCN1C1CCOC(C(C)C)C1. The molecule has 2 heterocycles. The molecule has 2 aliphatic heterocycles. The minimum absolute atomic E-state index is 0.0281. The number of carbonyl (C=O) groups excluding carboxylic acids is 1. The Balaban J connectivity index is 2.01. The highest BCUT2D eigenvalue weighted by Crippen LogP contribution is 2.25. The second-order valence-electron chi connectivity index (χ2n) is 6.18. The van der Waals surface area contributed by atoms with Crippen LogP contribution in [-0.4, -0.2) is 61.8 Å². The standard InChI is InChI=1S/C15H29N3O2/c1-4-17-15(19)13-10-16-6-7-18(13)12-5-8-20-14(9-12)11(2)3/h11-14,16H,4-10H2,1-3H3,(H,17,19). The summed E-state index contributed by atoms with van der Waals surface area (Å²) in [5, 5.41) is 6.31. The van der Waals surface area contributed by atoms with Gasteiger partial charge in [-0.2, -0.15) is 0 Å². The summed E-state index contributed by atoms with van der Waals surface area (Å²) in [6.07, 6.45) is 2.42. The molecule has 5 heteroatoms. The molecule has 0 aliphatic carbocycles. The van der Waals surface area contributed by atoms with E-state index in [2.05, 4.69) is 29.4 Å². The lowest BCUT2D eigenvalue weighted by atomic mass is 9.93. The van der Waals surface area contributed by atoms with E-state index in [1.807, 2.05) is 6.92 Å². The van der Waals surface area contributed by atoms with Crippen LogP contribution in [0.3, 0.4) is 0 Å². The average Bonchev–Trinajstić information content (AvgIpc) is 2.47. The minimum Gasteiger partial charge on any atom is -0.378 e. The molecule has 2 N–H and O–H groups in total. The Bertz CT molecular complexity index is 322. The zero-order valence-electron chi connectivity index (χ0n) is 13.0. The molecule has 20 heavy (non-hydrogen) atoms. The van der Waals surface area contributed by atoms with Gasteiger partial charge in [-0.15, -0.1) is 0 Å². The van der Waals surface area contributed by atoms with Gasteiger partial charge in [-0.3, -0.25) is 9.69 Å². The van der Waals surface area contributed by atoms with Crippen LogP contribution in [0.5, 0.6) is 0 Å². The molecule has 2 aliphatic rings. The highest BCUT2D eigenvalue weighted by atomic mass is 16.5. The molecule has 3 unspecified atom stereocenters. The third kappa shape index (κ3) is 3.71. The van der Waals surface area contributed by atoms with Crippen LogP contribution in [0, 0.1) is 5.92 Å². The van der Waals surface area contributed by atoms with Gasteiger partial charge in [-0.05, 0) is 25.7 Å². The summed E-state index contributed by atoms with van der Waals surface area (Å²) in [5.74, 6) is 0.705. The second kappa shape index (κ2) is 7.38. The predicted molar refractivity (Wildman–Crippen MR) is 79.6 cm³/mol. The first kappa shape index (κ1) is 15.7. The molecular weight excluding hydrogens is 254 g/mol. The molecule has 2 fully saturated rings. The molecule has 5 nitrogen and oxygen atoms in total. The van der Waals surface area contributed by atoms with Gasteiger partial charge in [0.05, 0.1) is 6.10 Å². The summed E-state index contributed by atoms with van der Waals surface area (Å²) in [7, 11) is 0. The minimum atomic E-state index is -0.0281. The fourth-order valence-electron chi connectivity index (χ4n) is 3.27. The van der Waals surface area contributed by atoms with Gasteiger partial charge in [0, 0.05) is 38.8 Å². The third-order valence-electron chi connectivity index (χ3n) is 4.44. The smallest absolute Gasteiger partial charge is 0.238 e. The Hall–Kier alpha value is -0.650. The number of likely N-dealkylation sites (N-methyl/N-ethyl adjacent to an activating group) is 1. The maximum Gasteiger partial charge on any atom is 0.238 e. The van der Waals surface area contributed by atoms with Crippen molar-refractivity contribution in [3.63, 3.8) is 0 Å². The van der Waals surface area contributed by atoms with E-state index < -0.39 is 0 Å². The Kier molecular flexibility index (Phi) is 5.81. The molecule has 2 saturated heterocycles. The average molecular weight is 283 g/mol. The number of hydrogen-bond acceptors (Lipinski definition) is 4. The van der Waals surface area contributed by atoms with Crippen LogP contribution in [0.25, 0.3) is 0 Å². The maximum absolute atomic E-state index is 12.2. The molecule has 2 rings (SSSR count). The normalized spacial score (nSPS) is 32.3. The summed E-state index contributed by atoms with van der Waals surface area (Å²) < 4.78 is 5.86. The van der Waals surface area contributed by atoms with E-state index in [1.54, 1.807) is 0 Å². The summed E-state index contributed by atoms with van der Waals surface area (Å²) in [4.78, 5) is 14.6. The van der Waals surface area contributed by atoms with Gasteiger partial charge in [0.15, 0.2) is 0 Å². The molecule has 0 bridgehead atoms. The maximum atomic E-state index is 12.2. The van der Waals surface area contributed by atoms with Crippen molar-refractivity contribution in [1.82, 2.24) is 15.5 Å². The highest BCUT2D eigenvalue weighted by Gasteiger charge is 2.36. The zero-order chi connectivity index (χ0) is 14.5. The van der Waals surface area contributed by atoms with Crippen molar-refractivity contribution in [3.8, 4) is 0 Å². The number of piperazine rings is 1. The van der Waals surface area contributed by atoms with E-state index in [0.29, 0.717) is 24.6 Å². The Labute approximate surface area is 122 Å². The Morgan fingerprint density at radius 3 is 3.00 bits per heavy atom. The first-order valence-electron chi connectivity index (χ1n) is 7.99. The van der Waals surface area contributed by atoms with Crippen LogP contribution in [0.2, 0.25) is 0 Å². The van der Waals surface area contributed by atoms with Crippen molar-refractivity contribution in [1.29, 1.82) is 0 Å². The molecule has 0 aromatic rings. The molecule has 0 aromatic carbocycles. The lowest BCUT2D eigenvalue weighted by Crippen LogP contribution is -2.62. The number of ether oxygens (including phenoxy) is 1. The summed E-state index contributed by atoms with van der Waals surface area (Å²) in [5.41, 5.74) is 0. The van der Waals surface area contributed by atoms with Gasteiger partial charge in [0.2, 0.25) is 5.91 Å². The largest absolute Gasteiger partial charge is 0.378 e. The molecule has 0 aromatic heterocycles. The molecular formula is C15H29N3O2. The summed E-state index contributed by atoms with van der Waals surface area (Å²) in [6, 6.07) is 0.450. The van der Waals surface area contributed by atoms with Crippen molar-refractivity contribution in [3.05, 3.63) is 0 Å². The van der Waals surface area contributed by atoms with Crippen LogP contribution in [-0.2, 0) is 9.53 Å². The van der Waals surface area contributed by atoms with Gasteiger partial charge in [0.1, 0.15) is 6.04 Å². The van der Waals surface area contributed by atoms with E-state index in [1.165, 1.54) is 0 Å². The van der Waals surface area contributed by atoms with Gasteiger partial charge in [0.25, 0.3) is 0 Å². The predicted octanol–water partition coefficient (Wildman–Crippen LogP) is 0.600. The van der Waals surface area contributed by atoms with Crippen LogP contribution in [0.1, 0.15) is 33.6 Å². The van der Waals surface area contributed by atoms with Gasteiger partial charge in [-0.25, -0.2) is 0 Å². The van der Waals surface area contributed by atoms with Crippen LogP contribution in [0.4, 0.5) is 0 Å². The second-order valence-corrected chi connectivity index (χ2v) is 6.18. The molecule has 1 amide bonds. The van der Waals surface area contributed by atoms with Gasteiger partial charge < -0.3 is 15.4 Å². The number of rotatable bonds is 4. The van der Waals surface area contributed by atoms with E-state index in [0.717, 1.165) is 39.1 Å². The topological polar surface area (TPSA) is 53.6 Å². The molecule has 0 spiro atoms. The fourth-order valence-corrected chi connectivity index (χ4v) is 3.27. The number of amides is 1. The quantitative estimate of drug-likeness (QED) is 0.793. The molecule has 3 atom stereocenters. The molecule has 0 saturated carbocycles. The van der Waals surface area contributed by atoms with Crippen molar-refractivity contribution in [2.45, 2.75) is 51.8 Å². The van der Waals surface area contributed by atoms with Gasteiger partial charge in [-0.1, -0.05) is 13.8 Å². The van der Waals surface area contributed by atoms with E-state index in [4.69, 9.17) is 4.74 Å². The number of nitrogens with zero attached hydrogens (tertiary/aromatic N) is 1. The van der Waals surface area contributed by atoms with Crippen LogP contribution in [0.15, 0.2) is 0 Å². The summed E-state index contributed by atoms with van der Waals surface area (Å²) >= 11 is 0. The lowest BCUT2D eigenvalue weighted by Gasteiger charge is -2.44. The van der Waals surface area contributed by atoms with Crippen LogP contribution < -0.4 is 10.6 Å². The van der Waals surface area contributed by atoms with Crippen molar-refractivity contribution >= 4 is 5.91 Å². The monoisotopic (exact) mass is 283 g/mol. The number of carbonyl (C=O) groups is 1. The highest BCUT2D eigenvalue weighted by molar-refractivity contribution is 5.82. The zero-order valence-corrected chi connectivity index (χ0v) is 13.0. The first-order chi connectivity index (χ1) is 9.63. The lowest BCUT2D eigenvalue weighted by molar-refractivity contribution is -0.130. The van der Waals surface area contributed by atoms with E-state index in [-0.39, 0.29) is 11.9 Å². The van der Waals surface area contributed by atoms with Crippen LogP contribution >= 0.6 is 0 Å². The van der Waals surface area contributed by atoms with Crippen molar-refractivity contribution < 1.29 is 9.53 Å². The molecule has 0 radical (unpaired) electrons. The van der Waals surface area contributed by atoms with E-state index >= 15 is 0 Å². The first-order valence-corrected chi connectivity index (χ1v) is 7.99. The summed E-state index contributed by atoms with van der Waals surface area (Å²) in [6.45, 7) is 10.6. The van der Waals surface area contributed by atoms with Gasteiger partial charge >= 0.3 is 0 Å². The third-order valence-corrected chi connectivity index (χ3v) is 4.44. The fraction of sp³-hybridized carbons (Fsp3) is 0.933. The van der Waals surface area contributed by atoms with E-state index in [9.17, 15) is 4.79 Å².